The van der Waals surface area contributed by atoms with Gasteiger partial charge in [-0.25, -0.2) is 8.42 Å². The molecule has 0 aliphatic carbocycles. The Bertz CT molecular complexity index is 1110. The summed E-state index contributed by atoms with van der Waals surface area (Å²) >= 11 is 11.7. The van der Waals surface area contributed by atoms with E-state index in [1.165, 1.54) is 18.2 Å². The van der Waals surface area contributed by atoms with Crippen LogP contribution in [0.1, 0.15) is 5.56 Å². The number of benzene rings is 2. The van der Waals surface area contributed by atoms with Gasteiger partial charge in [-0.3, -0.25) is 9.52 Å². The summed E-state index contributed by atoms with van der Waals surface area (Å²) in [4.78, 5) is 14.4. The number of rotatable bonds is 3. The van der Waals surface area contributed by atoms with Gasteiger partial charge in [0.25, 0.3) is 15.6 Å². The van der Waals surface area contributed by atoms with Gasteiger partial charge in [-0.1, -0.05) is 29.3 Å². The Kier molecular flexibility index (Phi) is 4.29. The molecule has 3 rings (SSSR count). The number of aromatic nitrogens is 1. The summed E-state index contributed by atoms with van der Waals surface area (Å²) in [6.45, 7) is 1.71. The molecule has 0 aliphatic heterocycles. The number of fused-ring (bicyclic) bond motifs is 1. The predicted molar refractivity (Wildman–Crippen MR) is 96.6 cm³/mol. The molecule has 24 heavy (non-hydrogen) atoms. The number of H-pyrrole nitrogens is 1. The molecule has 2 aromatic carbocycles. The molecule has 0 unspecified atom stereocenters. The normalized spacial score (nSPS) is 11.6. The smallest absolute Gasteiger partial charge is 0.261 e. The quantitative estimate of drug-likeness (QED) is 0.719. The number of aromatic amines is 1. The second kappa shape index (κ2) is 6.12. The van der Waals surface area contributed by atoms with Crippen molar-refractivity contribution >= 4 is 49.8 Å². The van der Waals surface area contributed by atoms with Crippen molar-refractivity contribution in [1.29, 1.82) is 0 Å². The first-order valence-electron chi connectivity index (χ1n) is 6.88. The first-order chi connectivity index (χ1) is 11.3. The van der Waals surface area contributed by atoms with Gasteiger partial charge in [0.1, 0.15) is 0 Å². The van der Waals surface area contributed by atoms with Gasteiger partial charge >= 0.3 is 0 Å². The SMILES string of the molecule is Cc1cc2ccc(NS(=O)(=O)c3ccc(Cl)c(Cl)c3)cc2[nH]c1=O. The zero-order chi connectivity index (χ0) is 17.5. The largest absolute Gasteiger partial charge is 0.322 e. The van der Waals surface area contributed by atoms with Crippen LogP contribution in [0.4, 0.5) is 5.69 Å². The predicted octanol–water partition coefficient (Wildman–Crippen LogP) is 3.94. The zero-order valence-corrected chi connectivity index (χ0v) is 14.8. The minimum Gasteiger partial charge on any atom is -0.322 e. The van der Waals surface area contributed by atoms with E-state index in [1.807, 2.05) is 0 Å². The van der Waals surface area contributed by atoms with Crippen LogP contribution in [0, 0.1) is 6.92 Å². The maximum absolute atomic E-state index is 12.4. The highest BCUT2D eigenvalue weighted by Gasteiger charge is 2.16. The summed E-state index contributed by atoms with van der Waals surface area (Å²) < 4.78 is 27.3. The molecule has 0 radical (unpaired) electrons. The molecule has 0 aliphatic rings. The molecule has 0 fully saturated rings. The van der Waals surface area contributed by atoms with Crippen LogP contribution in [0.15, 0.2) is 52.2 Å². The summed E-state index contributed by atoms with van der Waals surface area (Å²) in [7, 11) is -3.82. The van der Waals surface area contributed by atoms with Crippen LogP contribution < -0.4 is 10.3 Å². The van der Waals surface area contributed by atoms with E-state index in [2.05, 4.69) is 9.71 Å². The Morgan fingerprint density at radius 3 is 2.46 bits per heavy atom. The molecule has 5 nitrogen and oxygen atoms in total. The lowest BCUT2D eigenvalue weighted by atomic mass is 10.1. The van der Waals surface area contributed by atoms with Crippen molar-refractivity contribution in [1.82, 2.24) is 4.98 Å². The topological polar surface area (TPSA) is 79.0 Å². The van der Waals surface area contributed by atoms with Gasteiger partial charge in [0.05, 0.1) is 26.1 Å². The molecule has 3 aromatic rings. The van der Waals surface area contributed by atoms with Crippen molar-refractivity contribution in [3.05, 3.63) is 68.4 Å². The lowest BCUT2D eigenvalue weighted by Gasteiger charge is -2.10. The molecule has 0 atom stereocenters. The van der Waals surface area contributed by atoms with Crippen LogP contribution in [-0.2, 0) is 10.0 Å². The number of hydrogen-bond acceptors (Lipinski definition) is 3. The first kappa shape index (κ1) is 16.8. The van der Waals surface area contributed by atoms with Crippen LogP contribution in [0.25, 0.3) is 10.9 Å². The van der Waals surface area contributed by atoms with E-state index in [1.54, 1.807) is 31.2 Å². The van der Waals surface area contributed by atoms with Crippen LogP contribution >= 0.6 is 23.2 Å². The third-order valence-corrected chi connectivity index (χ3v) is 5.60. The number of anilines is 1. The van der Waals surface area contributed by atoms with Gasteiger partial charge in [0.2, 0.25) is 0 Å². The van der Waals surface area contributed by atoms with E-state index in [0.29, 0.717) is 16.8 Å². The van der Waals surface area contributed by atoms with E-state index < -0.39 is 10.0 Å². The van der Waals surface area contributed by atoms with Crippen molar-refractivity contribution in [2.45, 2.75) is 11.8 Å². The van der Waals surface area contributed by atoms with Gasteiger partial charge < -0.3 is 4.98 Å². The number of hydrogen-bond donors (Lipinski definition) is 2. The third kappa shape index (κ3) is 3.26. The highest BCUT2D eigenvalue weighted by Crippen LogP contribution is 2.26. The molecule has 1 aromatic heterocycles. The fourth-order valence-corrected chi connectivity index (χ4v) is 3.67. The van der Waals surface area contributed by atoms with Crippen LogP contribution in [-0.4, -0.2) is 13.4 Å². The summed E-state index contributed by atoms with van der Waals surface area (Å²) in [6, 6.07) is 10.7. The van der Waals surface area contributed by atoms with E-state index in [-0.39, 0.29) is 20.5 Å². The summed E-state index contributed by atoms with van der Waals surface area (Å²) in [5.41, 5.74) is 1.24. The molecular formula is C16H12Cl2N2O3S. The fourth-order valence-electron chi connectivity index (χ4n) is 2.23. The zero-order valence-electron chi connectivity index (χ0n) is 12.4. The number of sulfonamides is 1. The van der Waals surface area contributed by atoms with E-state index in [4.69, 9.17) is 23.2 Å². The maximum atomic E-state index is 12.4. The van der Waals surface area contributed by atoms with E-state index >= 15 is 0 Å². The monoisotopic (exact) mass is 382 g/mol. The van der Waals surface area contributed by atoms with Gasteiger partial charge in [-0.2, -0.15) is 0 Å². The van der Waals surface area contributed by atoms with E-state index in [0.717, 1.165) is 5.39 Å². The molecule has 0 bridgehead atoms. The van der Waals surface area contributed by atoms with Crippen molar-refractivity contribution in [3.63, 3.8) is 0 Å². The number of pyridine rings is 1. The highest BCUT2D eigenvalue weighted by molar-refractivity contribution is 7.92. The summed E-state index contributed by atoms with van der Waals surface area (Å²) in [5, 5.41) is 1.23. The van der Waals surface area contributed by atoms with Gasteiger partial charge in [0, 0.05) is 5.56 Å². The average molecular weight is 383 g/mol. The second-order valence-corrected chi connectivity index (χ2v) is 7.76. The van der Waals surface area contributed by atoms with Crippen LogP contribution in [0.2, 0.25) is 10.0 Å². The second-order valence-electron chi connectivity index (χ2n) is 5.26. The highest BCUT2D eigenvalue weighted by atomic mass is 35.5. The summed E-state index contributed by atoms with van der Waals surface area (Å²) in [5.74, 6) is 0. The van der Waals surface area contributed by atoms with Crippen molar-refractivity contribution in [2.75, 3.05) is 4.72 Å². The van der Waals surface area contributed by atoms with Gasteiger partial charge in [-0.05, 0) is 48.7 Å². The Labute approximate surface area is 148 Å². The molecule has 0 saturated heterocycles. The van der Waals surface area contributed by atoms with Gasteiger partial charge in [-0.15, -0.1) is 0 Å². The van der Waals surface area contributed by atoms with Crippen molar-refractivity contribution < 1.29 is 8.42 Å². The standard InChI is InChI=1S/C16H12Cl2N2O3S/c1-9-6-10-2-3-11(7-15(10)19-16(9)21)20-24(22,23)12-4-5-13(17)14(18)8-12/h2-8,20H,1H3,(H,19,21). The molecule has 1 heterocycles. The first-order valence-corrected chi connectivity index (χ1v) is 9.12. The van der Waals surface area contributed by atoms with Gasteiger partial charge in [0.15, 0.2) is 0 Å². The molecule has 2 N–H and O–H groups in total. The summed E-state index contributed by atoms with van der Waals surface area (Å²) in [6.07, 6.45) is 0. The Morgan fingerprint density at radius 2 is 1.75 bits per heavy atom. The van der Waals surface area contributed by atoms with Crippen LogP contribution in [0.3, 0.4) is 0 Å². The van der Waals surface area contributed by atoms with Crippen molar-refractivity contribution in [2.24, 2.45) is 0 Å². The number of nitrogens with one attached hydrogen (secondary N) is 2. The average Bonchev–Trinajstić information content (AvgIpc) is 2.51. The Hall–Kier alpha value is -2.02. The lowest BCUT2D eigenvalue weighted by molar-refractivity contribution is 0.601. The number of halogens is 2. The molecule has 0 saturated carbocycles. The molecule has 8 heteroatoms. The Balaban J connectivity index is 2.00. The Morgan fingerprint density at radius 1 is 1.00 bits per heavy atom. The molecule has 124 valence electrons. The minimum atomic E-state index is -3.82. The third-order valence-electron chi connectivity index (χ3n) is 3.49. The number of aryl methyl sites for hydroxylation is 1. The molecular weight excluding hydrogens is 371 g/mol. The maximum Gasteiger partial charge on any atom is 0.261 e. The molecule has 0 spiro atoms. The molecule has 0 amide bonds. The van der Waals surface area contributed by atoms with Crippen LogP contribution in [0.5, 0.6) is 0 Å². The fraction of sp³-hybridized carbons (Fsp3) is 0.0625. The lowest BCUT2D eigenvalue weighted by Crippen LogP contribution is -2.13. The van der Waals surface area contributed by atoms with Crippen molar-refractivity contribution in [3.8, 4) is 0 Å². The van der Waals surface area contributed by atoms with E-state index in [9.17, 15) is 13.2 Å². The minimum absolute atomic E-state index is 0.00519.